The molecule has 0 aromatic carbocycles. The number of halogens is 1. The largest absolute Gasteiger partial charge is 0.404 e. The molecule has 0 fully saturated rings. The van der Waals surface area contributed by atoms with E-state index in [0.29, 0.717) is 11.6 Å². The molecule has 118 valence electrons. The number of nitrogens with zero attached hydrogens (tertiary/aromatic N) is 4. The van der Waals surface area contributed by atoms with Gasteiger partial charge in [0.05, 0.1) is 10.8 Å². The Labute approximate surface area is 135 Å². The molecule has 0 bridgehead atoms. The van der Waals surface area contributed by atoms with Gasteiger partial charge in [-0.05, 0) is 53.0 Å². The summed E-state index contributed by atoms with van der Waals surface area (Å²) < 4.78 is 1.55. The lowest BCUT2D eigenvalue weighted by Crippen LogP contribution is -2.25. The van der Waals surface area contributed by atoms with Gasteiger partial charge in [0, 0.05) is 6.21 Å². The second kappa shape index (κ2) is 7.30. The molecule has 0 saturated carbocycles. The summed E-state index contributed by atoms with van der Waals surface area (Å²) in [6.45, 7) is 1.52. The molecule has 0 aliphatic heterocycles. The zero-order valence-electron chi connectivity index (χ0n) is 12.0. The quantitative estimate of drug-likeness (QED) is 0.372. The third-order valence-electron chi connectivity index (χ3n) is 3.37. The number of hydrogen-bond acceptors (Lipinski definition) is 5. The third kappa shape index (κ3) is 4.00. The van der Waals surface area contributed by atoms with Crippen molar-refractivity contribution in [3.05, 3.63) is 32.4 Å². The molecule has 1 aliphatic rings. The molecule has 1 heterocycles. The number of nitro groups is 1. The molecule has 0 spiro atoms. The molecule has 1 amide bonds. The second-order valence-electron chi connectivity index (χ2n) is 5.00. The molecule has 1 aromatic rings. The zero-order valence-corrected chi connectivity index (χ0v) is 13.6. The van der Waals surface area contributed by atoms with Crippen LogP contribution in [-0.2, 0) is 11.3 Å². The number of aromatic nitrogens is 2. The maximum atomic E-state index is 11.8. The summed E-state index contributed by atoms with van der Waals surface area (Å²) in [6, 6.07) is 0. The predicted molar refractivity (Wildman–Crippen MR) is 84.4 cm³/mol. The summed E-state index contributed by atoms with van der Waals surface area (Å²) in [5.74, 6) is -0.342. The van der Waals surface area contributed by atoms with Crippen LogP contribution in [0.2, 0.25) is 0 Å². The minimum atomic E-state index is -0.597. The minimum absolute atomic E-state index is 0.125. The van der Waals surface area contributed by atoms with Crippen LogP contribution in [0.25, 0.3) is 0 Å². The van der Waals surface area contributed by atoms with Crippen molar-refractivity contribution in [3.8, 4) is 0 Å². The molecular formula is C13H16BrN5O3. The van der Waals surface area contributed by atoms with Gasteiger partial charge >= 0.3 is 5.82 Å². The third-order valence-corrected chi connectivity index (χ3v) is 4.30. The van der Waals surface area contributed by atoms with Gasteiger partial charge in [0.25, 0.3) is 5.91 Å². The molecule has 2 rings (SSSR count). The Balaban J connectivity index is 1.92. The zero-order chi connectivity index (χ0) is 16.1. The van der Waals surface area contributed by atoms with E-state index in [0.717, 1.165) is 19.3 Å². The Hall–Kier alpha value is -2.03. The standard InChI is InChI=1S/C13H16BrN5O3/c1-9-12(14)13(19(21)22)17-18(9)8-11(20)16-15-7-10-5-3-2-4-6-10/h2-3,7,10H,4-6,8H2,1H3,(H,16,20)/b15-7-/t10-/m0/s1. The van der Waals surface area contributed by atoms with E-state index >= 15 is 0 Å². The van der Waals surface area contributed by atoms with Gasteiger partial charge < -0.3 is 10.1 Å². The summed E-state index contributed by atoms with van der Waals surface area (Å²) in [7, 11) is 0. The number of carbonyl (C=O) groups is 1. The predicted octanol–water partition coefficient (Wildman–Crippen LogP) is 2.32. The highest BCUT2D eigenvalue weighted by Crippen LogP contribution is 2.26. The van der Waals surface area contributed by atoms with Crippen LogP contribution in [0, 0.1) is 23.0 Å². The molecule has 0 radical (unpaired) electrons. The van der Waals surface area contributed by atoms with Crippen molar-refractivity contribution in [2.24, 2.45) is 11.0 Å². The first-order valence-electron chi connectivity index (χ1n) is 6.83. The van der Waals surface area contributed by atoms with Crippen LogP contribution in [0.5, 0.6) is 0 Å². The van der Waals surface area contributed by atoms with E-state index in [1.807, 2.05) is 0 Å². The van der Waals surface area contributed by atoms with Crippen molar-refractivity contribution in [2.75, 3.05) is 0 Å². The van der Waals surface area contributed by atoms with Crippen LogP contribution in [-0.4, -0.2) is 26.8 Å². The van der Waals surface area contributed by atoms with Gasteiger partial charge in [-0.2, -0.15) is 9.78 Å². The van der Waals surface area contributed by atoms with Gasteiger partial charge in [0.2, 0.25) is 0 Å². The van der Waals surface area contributed by atoms with Gasteiger partial charge in [0.15, 0.2) is 0 Å². The Morgan fingerprint density at radius 1 is 1.68 bits per heavy atom. The van der Waals surface area contributed by atoms with E-state index in [9.17, 15) is 14.9 Å². The maximum Gasteiger partial charge on any atom is 0.404 e. The first-order valence-corrected chi connectivity index (χ1v) is 7.62. The molecule has 1 atom stereocenters. The summed E-state index contributed by atoms with van der Waals surface area (Å²) in [5.41, 5.74) is 2.94. The van der Waals surface area contributed by atoms with E-state index in [4.69, 9.17) is 0 Å². The van der Waals surface area contributed by atoms with Crippen LogP contribution in [0.1, 0.15) is 25.0 Å². The lowest BCUT2D eigenvalue weighted by Gasteiger charge is -2.11. The van der Waals surface area contributed by atoms with Crippen molar-refractivity contribution >= 4 is 33.9 Å². The van der Waals surface area contributed by atoms with Gasteiger partial charge in [-0.1, -0.05) is 12.2 Å². The first kappa shape index (κ1) is 16.3. The van der Waals surface area contributed by atoms with Crippen LogP contribution >= 0.6 is 15.9 Å². The Kier molecular flexibility index (Phi) is 5.42. The molecule has 22 heavy (non-hydrogen) atoms. The molecule has 1 N–H and O–H groups in total. The summed E-state index contributed by atoms with van der Waals surface area (Å²) in [6.07, 6.45) is 8.94. The number of rotatable bonds is 5. The van der Waals surface area contributed by atoms with E-state index < -0.39 is 4.92 Å². The number of allylic oxidation sites excluding steroid dienone is 2. The van der Waals surface area contributed by atoms with E-state index in [1.165, 1.54) is 4.68 Å². The lowest BCUT2D eigenvalue weighted by atomic mass is 9.96. The SMILES string of the molecule is Cc1c(Br)c([N+](=O)[O-])nn1CC(=O)N/N=C\[C@H]1CC=CCC1. The normalized spacial score (nSPS) is 17.8. The highest BCUT2D eigenvalue weighted by Gasteiger charge is 2.24. The second-order valence-corrected chi connectivity index (χ2v) is 5.79. The van der Waals surface area contributed by atoms with Gasteiger partial charge in [-0.3, -0.25) is 4.79 Å². The van der Waals surface area contributed by atoms with Crippen molar-refractivity contribution in [1.82, 2.24) is 15.2 Å². The Morgan fingerprint density at radius 3 is 3.05 bits per heavy atom. The average molecular weight is 370 g/mol. The van der Waals surface area contributed by atoms with Gasteiger partial charge in [0.1, 0.15) is 11.0 Å². The van der Waals surface area contributed by atoms with E-state index in [-0.39, 0.29) is 22.7 Å². The topological polar surface area (TPSA) is 102 Å². The van der Waals surface area contributed by atoms with Crippen LogP contribution in [0.3, 0.4) is 0 Å². The van der Waals surface area contributed by atoms with Crippen LogP contribution in [0.15, 0.2) is 21.7 Å². The van der Waals surface area contributed by atoms with Crippen molar-refractivity contribution in [1.29, 1.82) is 0 Å². The van der Waals surface area contributed by atoms with Crippen LogP contribution < -0.4 is 5.43 Å². The van der Waals surface area contributed by atoms with Gasteiger partial charge in [-0.15, -0.1) is 0 Å². The molecular weight excluding hydrogens is 354 g/mol. The molecule has 1 aliphatic carbocycles. The average Bonchev–Trinajstić information content (AvgIpc) is 2.77. The number of hydrogen-bond donors (Lipinski definition) is 1. The number of nitrogens with one attached hydrogen (secondary N) is 1. The summed E-state index contributed by atoms with van der Waals surface area (Å²) in [4.78, 5) is 22.0. The van der Waals surface area contributed by atoms with Crippen molar-refractivity contribution in [2.45, 2.75) is 32.7 Å². The molecule has 8 nitrogen and oxygen atoms in total. The number of amides is 1. The fourth-order valence-corrected chi connectivity index (χ4v) is 2.55. The summed E-state index contributed by atoms with van der Waals surface area (Å²) >= 11 is 3.10. The van der Waals surface area contributed by atoms with Crippen molar-refractivity contribution < 1.29 is 9.72 Å². The molecule has 0 unspecified atom stereocenters. The monoisotopic (exact) mass is 369 g/mol. The number of hydrazone groups is 1. The van der Waals surface area contributed by atoms with Crippen molar-refractivity contribution in [3.63, 3.8) is 0 Å². The fourth-order valence-electron chi connectivity index (χ4n) is 2.12. The Bertz CT molecular complexity index is 638. The highest BCUT2D eigenvalue weighted by atomic mass is 79.9. The van der Waals surface area contributed by atoms with E-state index in [1.54, 1.807) is 13.1 Å². The maximum absolute atomic E-state index is 11.8. The summed E-state index contributed by atoms with van der Waals surface area (Å²) in [5, 5.41) is 18.5. The fraction of sp³-hybridized carbons (Fsp3) is 0.462. The highest BCUT2D eigenvalue weighted by molar-refractivity contribution is 9.10. The first-order chi connectivity index (χ1) is 10.5. The van der Waals surface area contributed by atoms with E-state index in [2.05, 4.69) is 43.7 Å². The molecule has 9 heteroatoms. The molecule has 1 aromatic heterocycles. The lowest BCUT2D eigenvalue weighted by molar-refractivity contribution is -0.390. The van der Waals surface area contributed by atoms with Crippen LogP contribution in [0.4, 0.5) is 5.82 Å². The molecule has 0 saturated heterocycles. The number of carbonyl (C=O) groups excluding carboxylic acids is 1. The Morgan fingerprint density at radius 2 is 2.45 bits per heavy atom. The smallest absolute Gasteiger partial charge is 0.358 e. The van der Waals surface area contributed by atoms with Gasteiger partial charge in [-0.25, -0.2) is 5.43 Å². The minimum Gasteiger partial charge on any atom is -0.358 e.